The lowest BCUT2D eigenvalue weighted by Crippen LogP contribution is -2.36. The van der Waals surface area contributed by atoms with Gasteiger partial charge in [0.25, 0.3) is 5.91 Å². The fourth-order valence-corrected chi connectivity index (χ4v) is 5.40. The van der Waals surface area contributed by atoms with Gasteiger partial charge in [-0.1, -0.05) is 67.6 Å². The lowest BCUT2D eigenvalue weighted by atomic mass is 9.90. The molecular weight excluding hydrogens is 446 g/mol. The summed E-state index contributed by atoms with van der Waals surface area (Å²) in [6.45, 7) is 5.81. The Morgan fingerprint density at radius 1 is 0.806 bits per heavy atom. The van der Waals surface area contributed by atoms with E-state index < -0.39 is 5.92 Å². The van der Waals surface area contributed by atoms with Crippen molar-refractivity contribution in [1.29, 1.82) is 0 Å². The van der Waals surface area contributed by atoms with Crippen LogP contribution in [-0.2, 0) is 4.79 Å². The van der Waals surface area contributed by atoms with Gasteiger partial charge in [-0.3, -0.25) is 9.59 Å². The van der Waals surface area contributed by atoms with E-state index in [1.807, 2.05) is 83.8 Å². The largest absolute Gasteiger partial charge is 0.371 e. The molecule has 0 aromatic heterocycles. The first kappa shape index (κ1) is 24.1. The van der Waals surface area contributed by atoms with Crippen LogP contribution in [0.4, 0.5) is 11.4 Å². The van der Waals surface area contributed by atoms with E-state index in [2.05, 4.69) is 17.1 Å². The zero-order valence-electron chi connectivity index (χ0n) is 21.0. The molecule has 5 heteroatoms. The fraction of sp³-hybridized carbons (Fsp3) is 0.355. The zero-order chi connectivity index (χ0) is 24.9. The number of benzene rings is 3. The van der Waals surface area contributed by atoms with Crippen LogP contribution in [0.15, 0.2) is 78.9 Å². The maximum absolute atomic E-state index is 13.7. The van der Waals surface area contributed by atoms with Crippen molar-refractivity contribution in [2.45, 2.75) is 38.5 Å². The fourth-order valence-electron chi connectivity index (χ4n) is 5.40. The molecule has 0 radical (unpaired) electrons. The van der Waals surface area contributed by atoms with Crippen LogP contribution in [0.2, 0.25) is 0 Å². The number of anilines is 2. The van der Waals surface area contributed by atoms with Gasteiger partial charge < -0.3 is 15.1 Å². The molecule has 3 aromatic rings. The molecule has 2 saturated heterocycles. The van der Waals surface area contributed by atoms with Gasteiger partial charge in [0.15, 0.2) is 0 Å². The summed E-state index contributed by atoms with van der Waals surface area (Å²) in [5, 5.41) is 3.13. The molecule has 0 spiro atoms. The number of nitrogens with zero attached hydrogens (tertiary/aromatic N) is 2. The third-order valence-electron chi connectivity index (χ3n) is 7.54. The van der Waals surface area contributed by atoms with Gasteiger partial charge in [0, 0.05) is 37.6 Å². The summed E-state index contributed by atoms with van der Waals surface area (Å²) in [4.78, 5) is 31.5. The van der Waals surface area contributed by atoms with E-state index in [9.17, 15) is 9.59 Å². The van der Waals surface area contributed by atoms with Crippen LogP contribution in [0.3, 0.4) is 0 Å². The van der Waals surface area contributed by atoms with E-state index in [4.69, 9.17) is 0 Å². The lowest BCUT2D eigenvalue weighted by molar-refractivity contribution is -0.116. The number of carbonyl (C=O) groups is 2. The molecule has 2 aliphatic heterocycles. The predicted molar refractivity (Wildman–Crippen MR) is 146 cm³/mol. The van der Waals surface area contributed by atoms with Crippen molar-refractivity contribution in [3.63, 3.8) is 0 Å². The van der Waals surface area contributed by atoms with E-state index in [1.54, 1.807) is 0 Å². The molecule has 5 nitrogen and oxygen atoms in total. The first-order valence-corrected chi connectivity index (χ1v) is 13.2. The smallest absolute Gasteiger partial charge is 0.256 e. The summed E-state index contributed by atoms with van der Waals surface area (Å²) in [6, 6.07) is 25.5. The summed E-state index contributed by atoms with van der Waals surface area (Å²) < 4.78 is 0. The minimum Gasteiger partial charge on any atom is -0.371 e. The molecule has 0 unspecified atom stereocenters. The number of rotatable bonds is 6. The van der Waals surface area contributed by atoms with Gasteiger partial charge in [-0.05, 0) is 60.9 Å². The number of piperidine rings is 1. The Labute approximate surface area is 214 Å². The molecule has 2 heterocycles. The highest BCUT2D eigenvalue weighted by Gasteiger charge is 2.27. The summed E-state index contributed by atoms with van der Waals surface area (Å²) >= 11 is 0. The van der Waals surface area contributed by atoms with Crippen LogP contribution in [0.25, 0.3) is 0 Å². The molecule has 2 aliphatic rings. The molecule has 0 aliphatic carbocycles. The van der Waals surface area contributed by atoms with E-state index in [0.717, 1.165) is 68.7 Å². The molecule has 2 fully saturated rings. The van der Waals surface area contributed by atoms with Crippen LogP contribution in [0.5, 0.6) is 0 Å². The lowest BCUT2D eigenvalue weighted by Gasteiger charge is -2.34. The molecule has 0 atom stereocenters. The molecule has 3 aromatic carbocycles. The molecule has 1 N–H and O–H groups in total. The zero-order valence-corrected chi connectivity index (χ0v) is 21.0. The van der Waals surface area contributed by atoms with Crippen LogP contribution in [-0.4, -0.2) is 42.9 Å². The highest BCUT2D eigenvalue weighted by molar-refractivity contribution is 6.03. The quantitative estimate of drug-likeness (QED) is 0.475. The second kappa shape index (κ2) is 11.0. The van der Waals surface area contributed by atoms with Crippen molar-refractivity contribution >= 4 is 23.2 Å². The number of likely N-dealkylation sites (tertiary alicyclic amines) is 1. The van der Waals surface area contributed by atoms with Gasteiger partial charge in [0.1, 0.15) is 0 Å². The Hall–Kier alpha value is -3.60. The molecule has 5 rings (SSSR count). The summed E-state index contributed by atoms with van der Waals surface area (Å²) in [6.07, 6.45) is 4.36. The standard InChI is InChI=1S/C31H35N3O2/c1-23-16-20-33(21-17-23)28-15-14-26(22-27(28)31(36)34-18-8-9-19-34)32-30(35)29(24-10-4-2-5-11-24)25-12-6-3-7-13-25/h2-7,10-15,22-23,29H,8-9,16-21H2,1H3,(H,32,35). The SMILES string of the molecule is CC1CCN(c2ccc(NC(=O)C(c3ccccc3)c3ccccc3)cc2C(=O)N2CCCC2)CC1. The number of hydrogen-bond donors (Lipinski definition) is 1. The molecule has 36 heavy (non-hydrogen) atoms. The van der Waals surface area contributed by atoms with Crippen molar-refractivity contribution in [2.24, 2.45) is 5.92 Å². The van der Waals surface area contributed by atoms with Crippen molar-refractivity contribution in [1.82, 2.24) is 4.90 Å². The Morgan fingerprint density at radius 3 is 1.97 bits per heavy atom. The highest BCUT2D eigenvalue weighted by atomic mass is 16.2. The van der Waals surface area contributed by atoms with Gasteiger partial charge in [-0.2, -0.15) is 0 Å². The van der Waals surface area contributed by atoms with Gasteiger partial charge in [-0.25, -0.2) is 0 Å². The Bertz CT molecular complexity index is 1140. The van der Waals surface area contributed by atoms with Gasteiger partial charge in [0.2, 0.25) is 5.91 Å². The first-order valence-electron chi connectivity index (χ1n) is 13.2. The molecule has 0 bridgehead atoms. The first-order chi connectivity index (χ1) is 17.6. The van der Waals surface area contributed by atoms with Crippen LogP contribution < -0.4 is 10.2 Å². The Balaban J connectivity index is 1.45. The van der Waals surface area contributed by atoms with Crippen molar-refractivity contribution < 1.29 is 9.59 Å². The van der Waals surface area contributed by atoms with Crippen molar-refractivity contribution in [3.8, 4) is 0 Å². The summed E-state index contributed by atoms with van der Waals surface area (Å²) in [5.74, 6) is 0.241. The molecule has 2 amide bonds. The maximum Gasteiger partial charge on any atom is 0.256 e. The number of carbonyl (C=O) groups excluding carboxylic acids is 2. The van der Waals surface area contributed by atoms with E-state index in [0.29, 0.717) is 17.2 Å². The topological polar surface area (TPSA) is 52.7 Å². The average molecular weight is 482 g/mol. The van der Waals surface area contributed by atoms with Gasteiger partial charge >= 0.3 is 0 Å². The summed E-state index contributed by atoms with van der Waals surface area (Å²) in [5.41, 5.74) is 4.22. The van der Waals surface area contributed by atoms with Crippen LogP contribution in [0, 0.1) is 5.92 Å². The van der Waals surface area contributed by atoms with Gasteiger partial charge in [0.05, 0.1) is 11.5 Å². The van der Waals surface area contributed by atoms with Crippen molar-refractivity contribution in [3.05, 3.63) is 95.6 Å². The van der Waals surface area contributed by atoms with E-state index in [-0.39, 0.29) is 11.8 Å². The molecule has 0 saturated carbocycles. The second-order valence-corrected chi connectivity index (χ2v) is 10.1. The Kier molecular flexibility index (Phi) is 7.36. The average Bonchev–Trinajstić information content (AvgIpc) is 3.45. The second-order valence-electron chi connectivity index (χ2n) is 10.1. The van der Waals surface area contributed by atoms with E-state index in [1.165, 1.54) is 0 Å². The minimum absolute atomic E-state index is 0.0693. The highest BCUT2D eigenvalue weighted by Crippen LogP contribution is 2.32. The normalized spacial score (nSPS) is 16.4. The third kappa shape index (κ3) is 5.30. The third-order valence-corrected chi connectivity index (χ3v) is 7.54. The monoisotopic (exact) mass is 481 g/mol. The number of nitrogens with one attached hydrogen (secondary N) is 1. The van der Waals surface area contributed by atoms with E-state index >= 15 is 0 Å². The number of amides is 2. The summed E-state index contributed by atoms with van der Waals surface area (Å²) in [7, 11) is 0. The minimum atomic E-state index is -0.437. The molecular formula is C31H35N3O2. The van der Waals surface area contributed by atoms with Crippen LogP contribution in [0.1, 0.15) is 60.0 Å². The van der Waals surface area contributed by atoms with Crippen molar-refractivity contribution in [2.75, 3.05) is 36.4 Å². The molecule has 186 valence electrons. The van der Waals surface area contributed by atoms with Gasteiger partial charge in [-0.15, -0.1) is 0 Å². The predicted octanol–water partition coefficient (Wildman–Crippen LogP) is 5.93. The van der Waals surface area contributed by atoms with Crippen LogP contribution >= 0.6 is 0 Å². The number of hydrogen-bond acceptors (Lipinski definition) is 3. The Morgan fingerprint density at radius 2 is 1.39 bits per heavy atom. The maximum atomic E-state index is 13.7.